The van der Waals surface area contributed by atoms with Crippen molar-refractivity contribution in [1.29, 1.82) is 0 Å². The molecule has 0 fully saturated rings. The maximum atomic E-state index is 4.31. The van der Waals surface area contributed by atoms with Gasteiger partial charge in [-0.3, -0.25) is 9.98 Å². The van der Waals surface area contributed by atoms with Gasteiger partial charge < -0.3 is 10.6 Å². The van der Waals surface area contributed by atoms with Gasteiger partial charge in [0, 0.05) is 25.7 Å². The first-order valence-electron chi connectivity index (χ1n) is 8.10. The van der Waals surface area contributed by atoms with Crippen molar-refractivity contribution in [1.82, 2.24) is 15.6 Å². The van der Waals surface area contributed by atoms with Crippen molar-refractivity contribution in [2.45, 2.75) is 26.3 Å². The van der Waals surface area contributed by atoms with Crippen LogP contribution in [0.5, 0.6) is 0 Å². The summed E-state index contributed by atoms with van der Waals surface area (Å²) in [4.78, 5) is 8.61. The molecule has 0 aliphatic heterocycles. The van der Waals surface area contributed by atoms with Gasteiger partial charge in [-0.05, 0) is 23.6 Å². The van der Waals surface area contributed by atoms with E-state index in [0.29, 0.717) is 18.4 Å². The van der Waals surface area contributed by atoms with Crippen molar-refractivity contribution < 1.29 is 0 Å². The first-order valence-corrected chi connectivity index (χ1v) is 8.10. The Hall–Kier alpha value is -2.36. The van der Waals surface area contributed by atoms with Crippen molar-refractivity contribution in [3.63, 3.8) is 0 Å². The fourth-order valence-electron chi connectivity index (χ4n) is 2.54. The highest BCUT2D eigenvalue weighted by Gasteiger charge is 2.15. The van der Waals surface area contributed by atoms with Crippen molar-refractivity contribution in [3.8, 4) is 0 Å². The molecule has 1 atom stereocenters. The van der Waals surface area contributed by atoms with Crippen molar-refractivity contribution >= 4 is 5.96 Å². The molecular weight excluding hydrogens is 284 g/mol. The van der Waals surface area contributed by atoms with E-state index >= 15 is 0 Å². The van der Waals surface area contributed by atoms with Crippen LogP contribution in [-0.4, -0.2) is 24.5 Å². The molecule has 2 aromatic rings. The van der Waals surface area contributed by atoms with Gasteiger partial charge in [-0.2, -0.15) is 0 Å². The predicted octanol–water partition coefficient (Wildman–Crippen LogP) is 3.19. The summed E-state index contributed by atoms with van der Waals surface area (Å²) >= 11 is 0. The monoisotopic (exact) mass is 310 g/mol. The average Bonchev–Trinajstić information content (AvgIpc) is 2.59. The highest BCUT2D eigenvalue weighted by atomic mass is 15.2. The van der Waals surface area contributed by atoms with Gasteiger partial charge in [-0.15, -0.1) is 0 Å². The number of benzene rings is 1. The molecule has 2 N–H and O–H groups in total. The quantitative estimate of drug-likeness (QED) is 0.636. The van der Waals surface area contributed by atoms with E-state index in [1.165, 1.54) is 5.56 Å². The second-order valence-corrected chi connectivity index (χ2v) is 5.89. The minimum Gasteiger partial charge on any atom is -0.356 e. The number of aromatic nitrogens is 1. The molecule has 0 amide bonds. The molecule has 4 nitrogen and oxygen atoms in total. The summed E-state index contributed by atoms with van der Waals surface area (Å²) < 4.78 is 0. The van der Waals surface area contributed by atoms with E-state index < -0.39 is 0 Å². The molecule has 4 heteroatoms. The van der Waals surface area contributed by atoms with Gasteiger partial charge in [-0.1, -0.05) is 50.2 Å². The lowest BCUT2D eigenvalue weighted by Gasteiger charge is -2.23. The van der Waals surface area contributed by atoms with Gasteiger partial charge in [0.05, 0.1) is 12.2 Å². The summed E-state index contributed by atoms with van der Waals surface area (Å²) in [5.74, 6) is 1.81. The molecule has 1 aromatic heterocycles. The van der Waals surface area contributed by atoms with Crippen LogP contribution in [0.2, 0.25) is 0 Å². The molecule has 1 unspecified atom stereocenters. The second-order valence-electron chi connectivity index (χ2n) is 5.89. The van der Waals surface area contributed by atoms with Crippen LogP contribution < -0.4 is 10.6 Å². The lowest BCUT2D eigenvalue weighted by molar-refractivity contribution is 0.488. The number of guanidine groups is 1. The number of nitrogens with zero attached hydrogens (tertiary/aromatic N) is 2. The van der Waals surface area contributed by atoms with Gasteiger partial charge >= 0.3 is 0 Å². The fourth-order valence-corrected chi connectivity index (χ4v) is 2.54. The molecule has 0 saturated carbocycles. The summed E-state index contributed by atoms with van der Waals surface area (Å²) in [7, 11) is 1.79. The van der Waals surface area contributed by atoms with Crippen molar-refractivity contribution in [3.05, 3.63) is 66.0 Å². The standard InChI is InChI=1S/C19H26N4/c1-15(2)18(16-9-5-4-6-10-16)14-23-19(20-3)22-13-17-11-7-8-12-21-17/h4-12,15,18H,13-14H2,1-3H3,(H2,20,22,23). The van der Waals surface area contributed by atoms with Crippen LogP contribution >= 0.6 is 0 Å². The number of hydrogen-bond acceptors (Lipinski definition) is 2. The minimum absolute atomic E-state index is 0.449. The van der Waals surface area contributed by atoms with Crippen LogP contribution in [0.4, 0.5) is 0 Å². The Morgan fingerprint density at radius 3 is 2.39 bits per heavy atom. The summed E-state index contributed by atoms with van der Waals surface area (Å²) in [6, 6.07) is 16.5. The molecule has 2 rings (SSSR count). The summed E-state index contributed by atoms with van der Waals surface area (Å²) in [5.41, 5.74) is 2.36. The Morgan fingerprint density at radius 2 is 1.78 bits per heavy atom. The molecule has 0 saturated heterocycles. The lowest BCUT2D eigenvalue weighted by Crippen LogP contribution is -2.39. The van der Waals surface area contributed by atoms with Gasteiger partial charge in [0.15, 0.2) is 5.96 Å². The average molecular weight is 310 g/mol. The fraction of sp³-hybridized carbons (Fsp3) is 0.368. The van der Waals surface area contributed by atoms with E-state index in [-0.39, 0.29) is 0 Å². The Kier molecular flexibility index (Phi) is 6.60. The van der Waals surface area contributed by atoms with Crippen LogP contribution in [0.25, 0.3) is 0 Å². The highest BCUT2D eigenvalue weighted by Crippen LogP contribution is 2.23. The highest BCUT2D eigenvalue weighted by molar-refractivity contribution is 5.79. The van der Waals surface area contributed by atoms with Crippen LogP contribution in [-0.2, 0) is 6.54 Å². The zero-order valence-electron chi connectivity index (χ0n) is 14.2. The zero-order chi connectivity index (χ0) is 16.5. The molecule has 0 aliphatic carbocycles. The van der Waals surface area contributed by atoms with Crippen molar-refractivity contribution in [2.75, 3.05) is 13.6 Å². The third-order valence-corrected chi connectivity index (χ3v) is 3.91. The van der Waals surface area contributed by atoms with E-state index in [9.17, 15) is 0 Å². The second kappa shape index (κ2) is 8.93. The Morgan fingerprint density at radius 1 is 1.04 bits per heavy atom. The maximum Gasteiger partial charge on any atom is 0.191 e. The normalized spacial score (nSPS) is 13.0. The molecule has 0 aliphatic rings. The molecule has 0 spiro atoms. The Labute approximate surface area is 139 Å². The van der Waals surface area contributed by atoms with Gasteiger partial charge in [0.1, 0.15) is 0 Å². The lowest BCUT2D eigenvalue weighted by atomic mass is 9.88. The molecule has 0 bridgehead atoms. The first-order chi connectivity index (χ1) is 11.2. The third kappa shape index (κ3) is 5.40. The first kappa shape index (κ1) is 17.0. The van der Waals surface area contributed by atoms with E-state index in [1.54, 1.807) is 13.2 Å². The summed E-state index contributed by atoms with van der Waals surface area (Å²) in [6.07, 6.45) is 1.80. The smallest absolute Gasteiger partial charge is 0.191 e. The van der Waals surface area contributed by atoms with Crippen LogP contribution in [0.1, 0.15) is 31.0 Å². The molecule has 23 heavy (non-hydrogen) atoms. The zero-order valence-corrected chi connectivity index (χ0v) is 14.2. The molecule has 1 heterocycles. The molecule has 122 valence electrons. The number of hydrogen-bond donors (Lipinski definition) is 2. The number of rotatable bonds is 6. The summed E-state index contributed by atoms with van der Waals surface area (Å²) in [6.45, 7) is 6.02. The van der Waals surface area contributed by atoms with E-state index in [2.05, 4.69) is 64.8 Å². The largest absolute Gasteiger partial charge is 0.356 e. The van der Waals surface area contributed by atoms with E-state index in [1.807, 2.05) is 18.2 Å². The Bertz CT molecular complexity index is 593. The van der Waals surface area contributed by atoms with Crippen molar-refractivity contribution in [2.24, 2.45) is 10.9 Å². The molecule has 1 aromatic carbocycles. The van der Waals surface area contributed by atoms with E-state index in [4.69, 9.17) is 0 Å². The SMILES string of the molecule is CN=C(NCc1ccccn1)NCC(c1ccccc1)C(C)C. The minimum atomic E-state index is 0.449. The van der Waals surface area contributed by atoms with Crippen LogP contribution in [0, 0.1) is 5.92 Å². The Balaban J connectivity index is 1.91. The van der Waals surface area contributed by atoms with Gasteiger partial charge in [0.2, 0.25) is 0 Å². The van der Waals surface area contributed by atoms with Gasteiger partial charge in [0.25, 0.3) is 0 Å². The molecular formula is C19H26N4. The molecule has 0 radical (unpaired) electrons. The predicted molar refractivity (Wildman–Crippen MR) is 96.5 cm³/mol. The maximum absolute atomic E-state index is 4.31. The summed E-state index contributed by atoms with van der Waals surface area (Å²) in [5, 5.41) is 6.74. The number of nitrogens with one attached hydrogen (secondary N) is 2. The van der Waals surface area contributed by atoms with Crippen LogP contribution in [0.15, 0.2) is 59.7 Å². The topological polar surface area (TPSA) is 49.3 Å². The number of aliphatic imine (C=N–C) groups is 1. The third-order valence-electron chi connectivity index (χ3n) is 3.91. The van der Waals surface area contributed by atoms with Gasteiger partial charge in [-0.25, -0.2) is 0 Å². The van der Waals surface area contributed by atoms with Crippen LogP contribution in [0.3, 0.4) is 0 Å². The van der Waals surface area contributed by atoms with E-state index in [0.717, 1.165) is 18.2 Å². The number of pyridine rings is 1.